The fraction of sp³-hybridized carbons (Fsp3) is 1.00. The molecule has 0 heterocycles. The molecule has 0 aromatic rings. The topological polar surface area (TPSA) is 12.0 Å². The third-order valence-corrected chi connectivity index (χ3v) is 2.85. The van der Waals surface area contributed by atoms with Crippen LogP contribution in [0.15, 0.2) is 0 Å². The van der Waals surface area contributed by atoms with Crippen LogP contribution < -0.4 is 5.32 Å². The van der Waals surface area contributed by atoms with Crippen molar-refractivity contribution in [3.8, 4) is 0 Å². The van der Waals surface area contributed by atoms with Gasteiger partial charge in [-0.3, -0.25) is 0 Å². The molecular weight excluding hydrogens is 146 g/mol. The van der Waals surface area contributed by atoms with Gasteiger partial charge in [0.25, 0.3) is 0 Å². The van der Waals surface area contributed by atoms with E-state index in [9.17, 15) is 0 Å². The summed E-state index contributed by atoms with van der Waals surface area (Å²) in [6.07, 6.45) is 2.58. The van der Waals surface area contributed by atoms with Gasteiger partial charge in [-0.25, -0.2) is 0 Å². The molecule has 0 aliphatic rings. The Morgan fingerprint density at radius 3 is 2.00 bits per heavy atom. The van der Waals surface area contributed by atoms with E-state index in [-0.39, 0.29) is 0 Å². The molecule has 0 aliphatic heterocycles. The van der Waals surface area contributed by atoms with Crippen LogP contribution >= 0.6 is 0 Å². The first-order chi connectivity index (χ1) is 5.41. The van der Waals surface area contributed by atoms with Gasteiger partial charge >= 0.3 is 0 Å². The van der Waals surface area contributed by atoms with Gasteiger partial charge in [0.05, 0.1) is 0 Å². The summed E-state index contributed by atoms with van der Waals surface area (Å²) in [5, 5.41) is 3.30. The van der Waals surface area contributed by atoms with E-state index in [1.165, 1.54) is 12.8 Å². The lowest BCUT2D eigenvalue weighted by Gasteiger charge is -2.31. The molecule has 1 heteroatoms. The first-order valence-corrected chi connectivity index (χ1v) is 5.09. The zero-order chi connectivity index (χ0) is 9.78. The molecule has 0 saturated carbocycles. The third-order valence-electron chi connectivity index (χ3n) is 2.85. The molecule has 74 valence electrons. The van der Waals surface area contributed by atoms with E-state index in [2.05, 4.69) is 39.9 Å². The lowest BCUT2D eigenvalue weighted by atomic mass is 9.76. The minimum atomic E-state index is 0.458. The molecular formula is C11H25N. The van der Waals surface area contributed by atoms with Crippen LogP contribution in [0.2, 0.25) is 0 Å². The van der Waals surface area contributed by atoms with Crippen molar-refractivity contribution in [3.63, 3.8) is 0 Å². The van der Waals surface area contributed by atoms with Crippen molar-refractivity contribution >= 4 is 0 Å². The number of nitrogens with one attached hydrogen (secondary N) is 1. The lowest BCUT2D eigenvalue weighted by molar-refractivity contribution is 0.203. The number of hydrogen-bond donors (Lipinski definition) is 1. The summed E-state index contributed by atoms with van der Waals surface area (Å²) in [6, 6.07) is 0.647. The van der Waals surface area contributed by atoms with Crippen LogP contribution in [-0.2, 0) is 0 Å². The van der Waals surface area contributed by atoms with Crippen LogP contribution in [-0.4, -0.2) is 13.1 Å². The van der Waals surface area contributed by atoms with Crippen molar-refractivity contribution in [2.45, 2.75) is 53.5 Å². The van der Waals surface area contributed by atoms with Gasteiger partial charge in [-0.05, 0) is 31.7 Å². The zero-order valence-corrected chi connectivity index (χ0v) is 9.57. The molecule has 0 fully saturated rings. The van der Waals surface area contributed by atoms with Crippen LogP contribution in [0.1, 0.15) is 47.5 Å². The smallest absolute Gasteiger partial charge is 0.00385 e. The summed E-state index contributed by atoms with van der Waals surface area (Å²) < 4.78 is 0. The van der Waals surface area contributed by atoms with Gasteiger partial charge in [0.1, 0.15) is 0 Å². The van der Waals surface area contributed by atoms with Gasteiger partial charge < -0.3 is 5.32 Å². The fourth-order valence-electron chi connectivity index (χ4n) is 1.68. The monoisotopic (exact) mass is 171 g/mol. The van der Waals surface area contributed by atoms with E-state index < -0.39 is 0 Å². The highest BCUT2D eigenvalue weighted by Crippen LogP contribution is 2.31. The molecule has 1 N–H and O–H groups in total. The second kappa shape index (κ2) is 4.86. The van der Waals surface area contributed by atoms with E-state index in [4.69, 9.17) is 0 Å². The predicted octanol–water partition coefficient (Wildman–Crippen LogP) is 3.06. The number of hydrogen-bond acceptors (Lipinski definition) is 1. The van der Waals surface area contributed by atoms with Crippen molar-refractivity contribution < 1.29 is 0 Å². The maximum atomic E-state index is 3.30. The van der Waals surface area contributed by atoms with Crippen LogP contribution in [0, 0.1) is 11.3 Å². The largest absolute Gasteiger partial charge is 0.317 e. The molecule has 0 bridgehead atoms. The predicted molar refractivity (Wildman–Crippen MR) is 56.4 cm³/mol. The fourth-order valence-corrected chi connectivity index (χ4v) is 1.68. The Kier molecular flexibility index (Phi) is 4.84. The molecule has 0 aliphatic carbocycles. The van der Waals surface area contributed by atoms with Crippen molar-refractivity contribution in [1.82, 2.24) is 5.32 Å². The van der Waals surface area contributed by atoms with E-state index in [0.29, 0.717) is 11.5 Å². The average Bonchev–Trinajstić information content (AvgIpc) is 1.97. The minimum Gasteiger partial charge on any atom is -0.317 e. The van der Waals surface area contributed by atoms with E-state index in [1.807, 2.05) is 7.05 Å². The Bertz CT molecular complexity index is 113. The summed E-state index contributed by atoms with van der Waals surface area (Å²) in [5.74, 6) is 0.833. The van der Waals surface area contributed by atoms with E-state index in [0.717, 1.165) is 5.92 Å². The third kappa shape index (κ3) is 4.10. The summed E-state index contributed by atoms with van der Waals surface area (Å²) in [5.41, 5.74) is 0.458. The van der Waals surface area contributed by atoms with Crippen LogP contribution in [0.3, 0.4) is 0 Å². The van der Waals surface area contributed by atoms with Crippen molar-refractivity contribution in [3.05, 3.63) is 0 Å². The van der Waals surface area contributed by atoms with Gasteiger partial charge in [0.2, 0.25) is 0 Å². The average molecular weight is 171 g/mol. The number of rotatable bonds is 4. The normalized spacial score (nSPS) is 17.5. The molecule has 0 saturated heterocycles. The lowest BCUT2D eigenvalue weighted by Crippen LogP contribution is -2.29. The molecule has 1 nitrogen and oxygen atoms in total. The second-order valence-electron chi connectivity index (χ2n) is 4.90. The quantitative estimate of drug-likeness (QED) is 0.685. The van der Waals surface area contributed by atoms with Crippen LogP contribution in [0.25, 0.3) is 0 Å². The Morgan fingerprint density at radius 1 is 1.25 bits per heavy atom. The van der Waals surface area contributed by atoms with Gasteiger partial charge in [-0.2, -0.15) is 0 Å². The van der Waals surface area contributed by atoms with Gasteiger partial charge in [-0.15, -0.1) is 0 Å². The van der Waals surface area contributed by atoms with Crippen molar-refractivity contribution in [2.75, 3.05) is 7.05 Å². The molecule has 0 amide bonds. The van der Waals surface area contributed by atoms with Crippen LogP contribution in [0.4, 0.5) is 0 Å². The molecule has 12 heavy (non-hydrogen) atoms. The standard InChI is InChI=1S/C11H25N/c1-7-10(11(3,4)5)8-9(2)12-6/h9-10,12H,7-8H2,1-6H3. The molecule has 2 atom stereocenters. The van der Waals surface area contributed by atoms with Crippen molar-refractivity contribution in [2.24, 2.45) is 11.3 Å². The summed E-state index contributed by atoms with van der Waals surface area (Å²) in [4.78, 5) is 0. The Hall–Kier alpha value is -0.0400. The van der Waals surface area contributed by atoms with Crippen molar-refractivity contribution in [1.29, 1.82) is 0 Å². The Morgan fingerprint density at radius 2 is 1.75 bits per heavy atom. The van der Waals surface area contributed by atoms with E-state index >= 15 is 0 Å². The summed E-state index contributed by atoms with van der Waals surface area (Å²) in [7, 11) is 2.04. The minimum absolute atomic E-state index is 0.458. The molecule has 0 spiro atoms. The van der Waals surface area contributed by atoms with Gasteiger partial charge in [0, 0.05) is 6.04 Å². The highest BCUT2D eigenvalue weighted by Gasteiger charge is 2.23. The molecule has 0 aromatic heterocycles. The Balaban J connectivity index is 4.00. The highest BCUT2D eigenvalue weighted by molar-refractivity contribution is 4.76. The van der Waals surface area contributed by atoms with Crippen LogP contribution in [0.5, 0.6) is 0 Å². The Labute approximate surface area is 77.9 Å². The summed E-state index contributed by atoms with van der Waals surface area (Å²) in [6.45, 7) is 11.6. The van der Waals surface area contributed by atoms with Gasteiger partial charge in [0.15, 0.2) is 0 Å². The highest BCUT2D eigenvalue weighted by atomic mass is 14.8. The van der Waals surface area contributed by atoms with E-state index in [1.54, 1.807) is 0 Å². The molecule has 0 radical (unpaired) electrons. The molecule has 0 aromatic carbocycles. The maximum Gasteiger partial charge on any atom is 0.00385 e. The molecule has 0 rings (SSSR count). The second-order valence-corrected chi connectivity index (χ2v) is 4.90. The summed E-state index contributed by atoms with van der Waals surface area (Å²) >= 11 is 0. The first-order valence-electron chi connectivity index (χ1n) is 5.09. The maximum absolute atomic E-state index is 3.30. The van der Waals surface area contributed by atoms with Gasteiger partial charge in [-0.1, -0.05) is 34.1 Å². The zero-order valence-electron chi connectivity index (χ0n) is 9.57. The first kappa shape index (κ1) is 12.0. The molecule has 2 unspecified atom stereocenters. The SMILES string of the molecule is CCC(CC(C)NC)C(C)(C)C.